The number of amides is 1. The average Bonchev–Trinajstić information content (AvgIpc) is 3.39. The Morgan fingerprint density at radius 1 is 1.13 bits per heavy atom. The van der Waals surface area contributed by atoms with Crippen molar-refractivity contribution in [1.82, 2.24) is 40.5 Å². The quantitative estimate of drug-likeness (QED) is 0.406. The summed E-state index contributed by atoms with van der Waals surface area (Å²) in [4.78, 5) is 19.8. The van der Waals surface area contributed by atoms with Crippen LogP contribution in [0, 0.1) is 0 Å². The summed E-state index contributed by atoms with van der Waals surface area (Å²) in [7, 11) is 0. The van der Waals surface area contributed by atoms with Gasteiger partial charge < -0.3 is 10.3 Å². The fourth-order valence-corrected chi connectivity index (χ4v) is 3.59. The van der Waals surface area contributed by atoms with Gasteiger partial charge in [-0.05, 0) is 62.3 Å². The van der Waals surface area contributed by atoms with Crippen molar-refractivity contribution in [2.75, 3.05) is 0 Å². The SMILES string of the molecule is O=C(NCc1ccccn1)c1cn(CCCCc2cc3cc(C4CC4)[nH]c3nn2)nn1. The topological polar surface area (TPSA) is 114 Å². The molecule has 9 nitrogen and oxygen atoms in total. The van der Waals surface area contributed by atoms with Crippen LogP contribution in [0.5, 0.6) is 0 Å². The number of carbonyl (C=O) groups excluding carboxylic acids is 1. The molecule has 4 heterocycles. The molecule has 1 amide bonds. The molecule has 1 fully saturated rings. The number of pyridine rings is 1. The minimum Gasteiger partial charge on any atom is -0.345 e. The Hall–Kier alpha value is -3.62. The van der Waals surface area contributed by atoms with Gasteiger partial charge in [-0.3, -0.25) is 14.5 Å². The molecule has 0 spiro atoms. The maximum Gasteiger partial charge on any atom is 0.273 e. The number of aromatic amines is 1. The van der Waals surface area contributed by atoms with Crippen LogP contribution < -0.4 is 5.32 Å². The lowest BCUT2D eigenvalue weighted by molar-refractivity contribution is 0.0945. The van der Waals surface area contributed by atoms with Crippen molar-refractivity contribution in [3.63, 3.8) is 0 Å². The van der Waals surface area contributed by atoms with E-state index in [-0.39, 0.29) is 5.91 Å². The van der Waals surface area contributed by atoms with Gasteiger partial charge in [0, 0.05) is 23.8 Å². The Balaban J connectivity index is 1.08. The van der Waals surface area contributed by atoms with Gasteiger partial charge in [0.25, 0.3) is 5.91 Å². The van der Waals surface area contributed by atoms with E-state index in [0.29, 0.717) is 24.7 Å². The molecule has 1 saturated carbocycles. The highest BCUT2D eigenvalue weighted by atomic mass is 16.2. The van der Waals surface area contributed by atoms with Gasteiger partial charge in [-0.25, -0.2) is 0 Å². The third kappa shape index (κ3) is 4.76. The van der Waals surface area contributed by atoms with Crippen LogP contribution in [0.3, 0.4) is 0 Å². The fraction of sp³-hybridized carbons (Fsp3) is 0.364. The second-order valence-corrected chi connectivity index (χ2v) is 7.97. The first-order valence-electron chi connectivity index (χ1n) is 10.7. The first-order valence-corrected chi connectivity index (χ1v) is 10.7. The molecule has 158 valence electrons. The zero-order valence-corrected chi connectivity index (χ0v) is 17.2. The average molecular weight is 416 g/mol. The van der Waals surface area contributed by atoms with Crippen LogP contribution in [0.2, 0.25) is 0 Å². The number of nitrogens with one attached hydrogen (secondary N) is 2. The third-order valence-electron chi connectivity index (χ3n) is 5.46. The number of fused-ring (bicyclic) bond motifs is 1. The van der Waals surface area contributed by atoms with Crippen LogP contribution in [0.4, 0.5) is 0 Å². The van der Waals surface area contributed by atoms with Crippen molar-refractivity contribution in [2.45, 2.75) is 51.1 Å². The second-order valence-electron chi connectivity index (χ2n) is 7.97. The van der Waals surface area contributed by atoms with Crippen LogP contribution in [-0.2, 0) is 19.5 Å². The Morgan fingerprint density at radius 2 is 2.06 bits per heavy atom. The zero-order valence-electron chi connectivity index (χ0n) is 17.2. The molecule has 2 N–H and O–H groups in total. The number of carbonyl (C=O) groups is 1. The molecule has 31 heavy (non-hydrogen) atoms. The highest BCUT2D eigenvalue weighted by Crippen LogP contribution is 2.40. The highest BCUT2D eigenvalue weighted by molar-refractivity contribution is 5.91. The van der Waals surface area contributed by atoms with Gasteiger partial charge >= 0.3 is 0 Å². The van der Waals surface area contributed by atoms with Crippen molar-refractivity contribution in [3.05, 3.63) is 65.5 Å². The third-order valence-corrected chi connectivity index (χ3v) is 5.46. The molecular formula is C22H24N8O. The van der Waals surface area contributed by atoms with Crippen molar-refractivity contribution in [2.24, 2.45) is 0 Å². The molecule has 1 aliphatic rings. The number of hydrogen-bond acceptors (Lipinski definition) is 6. The molecule has 0 aromatic carbocycles. The Morgan fingerprint density at radius 3 is 2.90 bits per heavy atom. The number of nitrogens with zero attached hydrogens (tertiary/aromatic N) is 6. The number of aryl methyl sites for hydroxylation is 2. The van der Waals surface area contributed by atoms with Gasteiger partial charge in [-0.2, -0.15) is 5.10 Å². The van der Waals surface area contributed by atoms with Crippen LogP contribution in [0.1, 0.15) is 59.2 Å². The Bertz CT molecular complexity index is 1180. The van der Waals surface area contributed by atoms with E-state index < -0.39 is 0 Å². The minimum absolute atomic E-state index is 0.252. The van der Waals surface area contributed by atoms with Gasteiger partial charge in [0.05, 0.1) is 24.1 Å². The fourth-order valence-electron chi connectivity index (χ4n) is 3.59. The standard InChI is InChI=1S/C22H24N8O/c31-22(24-13-18-6-1-3-9-23-18)20-14-30(29-27-20)10-4-2-5-17-11-16-12-19(15-7-8-15)25-21(16)28-26-17/h1,3,6,9,11-12,14-15H,2,4-5,7-8,10,13H2,(H,24,31)(H,25,28). The molecule has 0 bridgehead atoms. The highest BCUT2D eigenvalue weighted by Gasteiger charge is 2.25. The second kappa shape index (κ2) is 8.63. The maximum atomic E-state index is 12.2. The van der Waals surface area contributed by atoms with E-state index >= 15 is 0 Å². The lowest BCUT2D eigenvalue weighted by Crippen LogP contribution is -2.23. The molecule has 0 saturated heterocycles. The predicted octanol–water partition coefficient (Wildman–Crippen LogP) is 2.77. The van der Waals surface area contributed by atoms with Crippen molar-refractivity contribution in [3.8, 4) is 0 Å². The summed E-state index contributed by atoms with van der Waals surface area (Å²) >= 11 is 0. The molecule has 4 aromatic heterocycles. The number of aromatic nitrogens is 7. The summed E-state index contributed by atoms with van der Waals surface area (Å²) in [6, 6.07) is 9.93. The van der Waals surface area contributed by atoms with E-state index in [0.717, 1.165) is 41.7 Å². The summed E-state index contributed by atoms with van der Waals surface area (Å²) < 4.78 is 1.71. The van der Waals surface area contributed by atoms with Crippen molar-refractivity contribution in [1.29, 1.82) is 0 Å². The maximum absolute atomic E-state index is 12.2. The van der Waals surface area contributed by atoms with Crippen LogP contribution in [0.15, 0.2) is 42.7 Å². The summed E-state index contributed by atoms with van der Waals surface area (Å²) in [5.41, 5.74) is 4.27. The zero-order chi connectivity index (χ0) is 21.0. The summed E-state index contributed by atoms with van der Waals surface area (Å²) in [5, 5.41) is 20.7. The Labute approximate surface area is 179 Å². The molecule has 0 unspecified atom stereocenters. The first kappa shape index (κ1) is 19.3. The van der Waals surface area contributed by atoms with Gasteiger partial charge in [-0.15, -0.1) is 10.2 Å². The minimum atomic E-state index is -0.252. The molecule has 1 aliphatic carbocycles. The van der Waals surface area contributed by atoms with E-state index in [1.807, 2.05) is 18.2 Å². The largest absolute Gasteiger partial charge is 0.345 e. The van der Waals surface area contributed by atoms with E-state index in [9.17, 15) is 4.79 Å². The molecule has 5 rings (SSSR count). The number of H-pyrrole nitrogens is 1. The van der Waals surface area contributed by atoms with E-state index in [2.05, 4.69) is 47.9 Å². The smallest absolute Gasteiger partial charge is 0.273 e. The number of hydrogen-bond donors (Lipinski definition) is 2. The first-order chi connectivity index (χ1) is 15.2. The molecule has 4 aromatic rings. The molecular weight excluding hydrogens is 392 g/mol. The molecule has 0 aliphatic heterocycles. The van der Waals surface area contributed by atoms with Gasteiger partial charge in [0.15, 0.2) is 11.3 Å². The molecule has 0 atom stereocenters. The van der Waals surface area contributed by atoms with E-state index in [4.69, 9.17) is 0 Å². The lowest BCUT2D eigenvalue weighted by Gasteiger charge is -2.02. The normalized spacial score (nSPS) is 13.5. The van der Waals surface area contributed by atoms with E-state index in [1.54, 1.807) is 17.1 Å². The van der Waals surface area contributed by atoms with Gasteiger partial charge in [0.1, 0.15) is 0 Å². The summed E-state index contributed by atoms with van der Waals surface area (Å²) in [6.07, 6.45) is 8.65. The van der Waals surface area contributed by atoms with Crippen LogP contribution in [-0.4, -0.2) is 41.1 Å². The van der Waals surface area contributed by atoms with Gasteiger partial charge in [-0.1, -0.05) is 11.3 Å². The summed E-state index contributed by atoms with van der Waals surface area (Å²) in [5.74, 6) is 0.430. The monoisotopic (exact) mass is 416 g/mol. The molecule has 9 heteroatoms. The lowest BCUT2D eigenvalue weighted by atomic mass is 10.1. The predicted molar refractivity (Wildman–Crippen MR) is 114 cm³/mol. The van der Waals surface area contributed by atoms with Gasteiger partial charge in [0.2, 0.25) is 0 Å². The van der Waals surface area contributed by atoms with Crippen molar-refractivity contribution < 1.29 is 4.79 Å². The number of unbranched alkanes of at least 4 members (excludes halogenated alkanes) is 1. The van der Waals surface area contributed by atoms with Crippen LogP contribution >= 0.6 is 0 Å². The van der Waals surface area contributed by atoms with Crippen molar-refractivity contribution >= 4 is 16.9 Å². The van der Waals surface area contributed by atoms with E-state index in [1.165, 1.54) is 18.5 Å². The summed E-state index contributed by atoms with van der Waals surface area (Å²) in [6.45, 7) is 1.06. The van der Waals surface area contributed by atoms with Crippen LogP contribution in [0.25, 0.3) is 11.0 Å². The number of rotatable bonds is 9. The molecule has 0 radical (unpaired) electrons. The Kier molecular flexibility index (Phi) is 5.39.